The Bertz CT molecular complexity index is 831. The van der Waals surface area contributed by atoms with Gasteiger partial charge in [0.15, 0.2) is 0 Å². The summed E-state index contributed by atoms with van der Waals surface area (Å²) >= 11 is 0. The highest BCUT2D eigenvalue weighted by atomic mass is 16.5. The number of carbonyl (C=O) groups is 1. The van der Waals surface area contributed by atoms with Gasteiger partial charge in [0, 0.05) is 18.4 Å². The van der Waals surface area contributed by atoms with E-state index in [2.05, 4.69) is 48.3 Å². The molecule has 4 rings (SSSR count). The van der Waals surface area contributed by atoms with Gasteiger partial charge in [0.05, 0.1) is 0 Å². The van der Waals surface area contributed by atoms with Crippen molar-refractivity contribution in [2.24, 2.45) is 5.92 Å². The van der Waals surface area contributed by atoms with Gasteiger partial charge in [0.2, 0.25) is 0 Å². The number of rotatable bonds is 8. The topological polar surface area (TPSA) is 29.5 Å². The minimum atomic E-state index is -0.0608. The van der Waals surface area contributed by atoms with Gasteiger partial charge in [-0.05, 0) is 62.0 Å². The van der Waals surface area contributed by atoms with Crippen molar-refractivity contribution in [3.05, 3.63) is 65.7 Å². The van der Waals surface area contributed by atoms with E-state index in [9.17, 15) is 4.79 Å². The summed E-state index contributed by atoms with van der Waals surface area (Å²) < 4.78 is 6.14. The number of hydrogen-bond donors (Lipinski definition) is 0. The van der Waals surface area contributed by atoms with E-state index in [1.807, 2.05) is 18.2 Å². The molecule has 2 saturated carbocycles. The van der Waals surface area contributed by atoms with Crippen molar-refractivity contribution in [3.63, 3.8) is 0 Å². The number of Topliss-reactive ketones (excluding diaryl/α,β-unsaturated/α-hetero) is 1. The Kier molecular flexibility index (Phi) is 7.45. The summed E-state index contributed by atoms with van der Waals surface area (Å²) in [6.07, 6.45) is 11.5. The molecule has 2 aliphatic carbocycles. The summed E-state index contributed by atoms with van der Waals surface area (Å²) in [4.78, 5) is 14.7. The first kappa shape index (κ1) is 22.1. The monoisotopic (exact) mass is 419 g/mol. The molecule has 0 spiro atoms. The molecule has 0 N–H and O–H groups in total. The van der Waals surface area contributed by atoms with Crippen LogP contribution in [0.25, 0.3) is 0 Å². The van der Waals surface area contributed by atoms with Gasteiger partial charge in [-0.1, -0.05) is 74.6 Å². The fraction of sp³-hybridized carbons (Fsp3) is 0.536. The van der Waals surface area contributed by atoms with Crippen LogP contribution < -0.4 is 4.74 Å². The van der Waals surface area contributed by atoms with Crippen LogP contribution in [0, 0.1) is 5.92 Å². The van der Waals surface area contributed by atoms with Crippen molar-refractivity contribution in [2.75, 3.05) is 13.6 Å². The van der Waals surface area contributed by atoms with Gasteiger partial charge in [-0.2, -0.15) is 0 Å². The molecule has 0 aromatic heterocycles. The highest BCUT2D eigenvalue weighted by Crippen LogP contribution is 2.42. The van der Waals surface area contributed by atoms with Gasteiger partial charge in [-0.15, -0.1) is 0 Å². The van der Waals surface area contributed by atoms with Crippen LogP contribution in [0.5, 0.6) is 5.75 Å². The maximum Gasteiger partial charge on any atom is 0.133 e. The zero-order valence-electron chi connectivity index (χ0n) is 19.0. The summed E-state index contributed by atoms with van der Waals surface area (Å²) in [6.45, 7) is 1.68. The van der Waals surface area contributed by atoms with Crippen molar-refractivity contribution < 1.29 is 9.53 Å². The molecule has 2 aromatic carbocycles. The van der Waals surface area contributed by atoms with E-state index in [1.165, 1.54) is 49.7 Å². The smallest absolute Gasteiger partial charge is 0.133 e. The Balaban J connectivity index is 1.49. The average molecular weight is 420 g/mol. The highest BCUT2D eigenvalue weighted by Gasteiger charge is 2.40. The molecule has 0 unspecified atom stereocenters. The Labute approximate surface area is 187 Å². The van der Waals surface area contributed by atoms with Crippen molar-refractivity contribution in [3.8, 4) is 5.75 Å². The minimum absolute atomic E-state index is 0.0608. The molecule has 3 nitrogen and oxygen atoms in total. The summed E-state index contributed by atoms with van der Waals surface area (Å²) in [5, 5.41) is 0. The average Bonchev–Trinajstić information content (AvgIpc) is 2.83. The summed E-state index contributed by atoms with van der Waals surface area (Å²) in [5.74, 6) is 2.20. The standard InChI is InChI=1S/C28H37NO2/c1-29(20-17-23-9-4-2-5-10-23)28(18-15-26(30)16-19-28)25-13-8-14-27(21-25)31-22-24-11-6-3-7-12-24/h3,6-8,11-14,21,23H,2,4-5,9-10,15-20,22H2,1H3. The molecule has 31 heavy (non-hydrogen) atoms. The molecule has 0 heterocycles. The summed E-state index contributed by atoms with van der Waals surface area (Å²) in [6, 6.07) is 18.9. The van der Waals surface area contributed by atoms with Crippen LogP contribution in [-0.4, -0.2) is 24.3 Å². The Morgan fingerprint density at radius 1 is 0.968 bits per heavy atom. The second kappa shape index (κ2) is 10.5. The van der Waals surface area contributed by atoms with Crippen molar-refractivity contribution >= 4 is 5.78 Å². The lowest BCUT2D eigenvalue weighted by Crippen LogP contribution is -2.47. The Morgan fingerprint density at radius 3 is 2.45 bits per heavy atom. The summed E-state index contributed by atoms with van der Waals surface area (Å²) in [5.41, 5.74) is 2.42. The molecule has 2 fully saturated rings. The Morgan fingerprint density at radius 2 is 1.71 bits per heavy atom. The maximum absolute atomic E-state index is 12.1. The van der Waals surface area contributed by atoms with Crippen molar-refractivity contribution in [2.45, 2.75) is 76.4 Å². The third-order valence-electron chi connectivity index (χ3n) is 7.58. The second-order valence-corrected chi connectivity index (χ2v) is 9.59. The lowest BCUT2D eigenvalue weighted by atomic mass is 9.74. The first-order valence-corrected chi connectivity index (χ1v) is 12.2. The molecule has 0 amide bonds. The largest absolute Gasteiger partial charge is 0.489 e. The SMILES string of the molecule is CN(CCC1CCCCC1)C1(c2cccc(OCc3ccccc3)c2)CCC(=O)CC1. The molecule has 2 aliphatic rings. The predicted molar refractivity (Wildman–Crippen MR) is 126 cm³/mol. The quantitative estimate of drug-likeness (QED) is 0.489. The first-order chi connectivity index (χ1) is 15.2. The van der Waals surface area contributed by atoms with Gasteiger partial charge in [-0.3, -0.25) is 9.69 Å². The molecule has 0 radical (unpaired) electrons. The van der Waals surface area contributed by atoms with E-state index in [0.29, 0.717) is 25.2 Å². The normalized spacial score (nSPS) is 19.5. The number of nitrogens with zero attached hydrogens (tertiary/aromatic N) is 1. The van der Waals surface area contributed by atoms with E-state index in [4.69, 9.17) is 4.74 Å². The van der Waals surface area contributed by atoms with E-state index in [-0.39, 0.29) is 5.54 Å². The van der Waals surface area contributed by atoms with Crippen molar-refractivity contribution in [1.29, 1.82) is 0 Å². The van der Waals surface area contributed by atoms with Gasteiger partial charge in [0.25, 0.3) is 0 Å². The molecular weight excluding hydrogens is 382 g/mol. The maximum atomic E-state index is 12.1. The third kappa shape index (κ3) is 5.57. The second-order valence-electron chi connectivity index (χ2n) is 9.59. The fourth-order valence-corrected chi connectivity index (χ4v) is 5.52. The summed E-state index contributed by atoms with van der Waals surface area (Å²) in [7, 11) is 2.27. The molecule has 0 atom stereocenters. The molecule has 3 heteroatoms. The number of hydrogen-bond acceptors (Lipinski definition) is 3. The third-order valence-corrected chi connectivity index (χ3v) is 7.58. The van der Waals surface area contributed by atoms with Crippen molar-refractivity contribution in [1.82, 2.24) is 4.90 Å². The number of ether oxygens (including phenoxy) is 1. The molecule has 2 aromatic rings. The zero-order valence-corrected chi connectivity index (χ0v) is 19.0. The molecule has 0 bridgehead atoms. The number of ketones is 1. The molecule has 166 valence electrons. The van der Waals surface area contributed by atoms with Crippen LogP contribution in [0.15, 0.2) is 54.6 Å². The lowest BCUT2D eigenvalue weighted by molar-refractivity contribution is -0.123. The molecular formula is C28H37NO2. The Hall–Kier alpha value is -2.13. The van der Waals surface area contributed by atoms with E-state index < -0.39 is 0 Å². The highest BCUT2D eigenvalue weighted by molar-refractivity contribution is 5.79. The van der Waals surface area contributed by atoms with E-state index in [1.54, 1.807) is 0 Å². The fourth-order valence-electron chi connectivity index (χ4n) is 5.52. The van der Waals surface area contributed by atoms with Gasteiger partial charge < -0.3 is 4.74 Å². The number of benzene rings is 2. The first-order valence-electron chi connectivity index (χ1n) is 12.2. The van der Waals surface area contributed by atoms with Crippen LogP contribution in [0.4, 0.5) is 0 Å². The van der Waals surface area contributed by atoms with Gasteiger partial charge in [0.1, 0.15) is 18.1 Å². The van der Waals surface area contributed by atoms with Gasteiger partial charge in [-0.25, -0.2) is 0 Å². The van der Waals surface area contributed by atoms with Crippen LogP contribution in [-0.2, 0) is 16.9 Å². The minimum Gasteiger partial charge on any atom is -0.489 e. The van der Waals surface area contributed by atoms with Crippen LogP contribution >= 0.6 is 0 Å². The molecule has 0 saturated heterocycles. The van der Waals surface area contributed by atoms with Crippen LogP contribution in [0.2, 0.25) is 0 Å². The zero-order chi connectivity index (χ0) is 21.5. The van der Waals surface area contributed by atoms with Crippen LogP contribution in [0.3, 0.4) is 0 Å². The lowest BCUT2D eigenvalue weighted by Gasteiger charge is -2.45. The molecule has 0 aliphatic heterocycles. The number of carbonyl (C=O) groups excluding carboxylic acids is 1. The van der Waals surface area contributed by atoms with E-state index in [0.717, 1.165) is 31.1 Å². The van der Waals surface area contributed by atoms with Gasteiger partial charge >= 0.3 is 0 Å². The van der Waals surface area contributed by atoms with E-state index >= 15 is 0 Å². The predicted octanol–water partition coefficient (Wildman–Crippen LogP) is 6.51. The van der Waals surface area contributed by atoms with Crippen LogP contribution in [0.1, 0.15) is 75.3 Å².